The van der Waals surface area contributed by atoms with Crippen LogP contribution in [0.3, 0.4) is 0 Å². The van der Waals surface area contributed by atoms with Crippen LogP contribution >= 0.6 is 0 Å². The topological polar surface area (TPSA) is 101 Å². The summed E-state index contributed by atoms with van der Waals surface area (Å²) in [5, 5.41) is 10.4. The maximum Gasteiger partial charge on any atom is 0.308 e. The highest BCUT2D eigenvalue weighted by molar-refractivity contribution is 5.79. The third-order valence-corrected chi connectivity index (χ3v) is 8.03. The number of unbranched alkanes of at least 4 members (excludes halogenated alkanes) is 1. The van der Waals surface area contributed by atoms with Crippen LogP contribution in [0.5, 0.6) is 5.75 Å². The number of hydrogen-bond acceptors (Lipinski definition) is 5. The molecular formula is C29H42N4O4. The van der Waals surface area contributed by atoms with E-state index < -0.39 is 11.9 Å². The molecule has 0 saturated carbocycles. The third-order valence-electron chi connectivity index (χ3n) is 8.03. The number of ether oxygens (including phenoxy) is 1. The molecule has 202 valence electrons. The van der Waals surface area contributed by atoms with Crippen molar-refractivity contribution in [1.29, 1.82) is 0 Å². The number of amides is 1. The number of likely N-dealkylation sites (tertiary alicyclic amines) is 1. The van der Waals surface area contributed by atoms with Gasteiger partial charge in [-0.2, -0.15) is 0 Å². The van der Waals surface area contributed by atoms with E-state index in [9.17, 15) is 14.7 Å². The van der Waals surface area contributed by atoms with Crippen molar-refractivity contribution >= 4 is 11.9 Å². The minimum atomic E-state index is -0.792. The molecule has 3 atom stereocenters. The molecule has 1 amide bonds. The summed E-state index contributed by atoms with van der Waals surface area (Å²) in [7, 11) is 2.01. The number of carbonyl (C=O) groups excluding carboxylic acids is 1. The van der Waals surface area contributed by atoms with Crippen LogP contribution in [0.1, 0.15) is 55.3 Å². The van der Waals surface area contributed by atoms with Crippen LogP contribution in [0.15, 0.2) is 36.5 Å². The number of fused-ring (bicyclic) bond motifs is 1. The number of aliphatic carboxylic acids is 1. The van der Waals surface area contributed by atoms with Gasteiger partial charge in [0, 0.05) is 57.0 Å². The van der Waals surface area contributed by atoms with Crippen molar-refractivity contribution in [3.05, 3.63) is 53.3 Å². The molecule has 1 fully saturated rings. The number of aromatic nitrogens is 1. The molecule has 1 aromatic carbocycles. The second kappa shape index (κ2) is 12.6. The van der Waals surface area contributed by atoms with E-state index in [1.807, 2.05) is 36.3 Å². The van der Waals surface area contributed by atoms with Crippen molar-refractivity contribution in [3.8, 4) is 5.75 Å². The first-order valence-electron chi connectivity index (χ1n) is 13.7. The summed E-state index contributed by atoms with van der Waals surface area (Å²) in [4.78, 5) is 30.3. The van der Waals surface area contributed by atoms with E-state index in [2.05, 4.69) is 28.5 Å². The van der Waals surface area contributed by atoms with Crippen molar-refractivity contribution in [2.45, 2.75) is 57.4 Å². The van der Waals surface area contributed by atoms with Crippen LogP contribution < -0.4 is 10.5 Å². The number of benzene rings is 1. The van der Waals surface area contributed by atoms with Crippen molar-refractivity contribution in [1.82, 2.24) is 14.4 Å². The van der Waals surface area contributed by atoms with E-state index >= 15 is 0 Å². The van der Waals surface area contributed by atoms with Crippen LogP contribution in [-0.2, 0) is 29.5 Å². The highest BCUT2D eigenvalue weighted by Crippen LogP contribution is 2.41. The van der Waals surface area contributed by atoms with Crippen molar-refractivity contribution < 1.29 is 19.4 Å². The Morgan fingerprint density at radius 1 is 1.22 bits per heavy atom. The molecule has 0 aliphatic carbocycles. The second-order valence-corrected chi connectivity index (χ2v) is 10.5. The largest absolute Gasteiger partial charge is 0.493 e. The van der Waals surface area contributed by atoms with E-state index in [1.54, 1.807) is 0 Å². The van der Waals surface area contributed by atoms with Gasteiger partial charge in [-0.3, -0.25) is 14.5 Å². The van der Waals surface area contributed by atoms with Crippen molar-refractivity contribution in [3.63, 3.8) is 0 Å². The summed E-state index contributed by atoms with van der Waals surface area (Å²) in [5.41, 5.74) is 9.08. The number of carbonyl (C=O) groups is 2. The van der Waals surface area contributed by atoms with Gasteiger partial charge in [0.25, 0.3) is 0 Å². The van der Waals surface area contributed by atoms with E-state index in [-0.39, 0.29) is 24.4 Å². The summed E-state index contributed by atoms with van der Waals surface area (Å²) in [6.07, 6.45) is 7.04. The summed E-state index contributed by atoms with van der Waals surface area (Å²) >= 11 is 0. The van der Waals surface area contributed by atoms with Gasteiger partial charge in [-0.1, -0.05) is 25.5 Å². The monoisotopic (exact) mass is 510 g/mol. The molecule has 0 bridgehead atoms. The third kappa shape index (κ3) is 6.36. The predicted octanol–water partition coefficient (Wildman–Crippen LogP) is 3.04. The zero-order valence-corrected chi connectivity index (χ0v) is 22.3. The van der Waals surface area contributed by atoms with Gasteiger partial charge >= 0.3 is 5.97 Å². The Hall–Kier alpha value is -2.84. The van der Waals surface area contributed by atoms with Gasteiger partial charge < -0.3 is 25.0 Å². The van der Waals surface area contributed by atoms with Gasteiger partial charge in [0.15, 0.2) is 0 Å². The van der Waals surface area contributed by atoms with Gasteiger partial charge in [-0.25, -0.2) is 0 Å². The molecule has 3 N–H and O–H groups in total. The van der Waals surface area contributed by atoms with E-state index in [0.29, 0.717) is 39.2 Å². The van der Waals surface area contributed by atoms with Gasteiger partial charge in [0.05, 0.1) is 19.1 Å². The number of carboxylic acid groups (broad SMARTS) is 1. The minimum absolute atomic E-state index is 0.0675. The molecule has 2 aliphatic rings. The maximum absolute atomic E-state index is 13.5. The first-order chi connectivity index (χ1) is 17.9. The fourth-order valence-electron chi connectivity index (χ4n) is 5.95. The zero-order valence-electron chi connectivity index (χ0n) is 22.3. The molecule has 2 aliphatic heterocycles. The summed E-state index contributed by atoms with van der Waals surface area (Å²) < 4.78 is 7.76. The minimum Gasteiger partial charge on any atom is -0.493 e. The molecule has 0 spiro atoms. The van der Waals surface area contributed by atoms with E-state index in [0.717, 1.165) is 49.0 Å². The smallest absolute Gasteiger partial charge is 0.308 e. The van der Waals surface area contributed by atoms with E-state index in [1.165, 1.54) is 5.69 Å². The second-order valence-electron chi connectivity index (χ2n) is 10.5. The summed E-state index contributed by atoms with van der Waals surface area (Å²) in [6.45, 7) is 5.49. The Morgan fingerprint density at radius 2 is 2.03 bits per heavy atom. The lowest BCUT2D eigenvalue weighted by atomic mass is 9.83. The molecular weight excluding hydrogens is 468 g/mol. The van der Waals surface area contributed by atoms with Gasteiger partial charge in [-0.05, 0) is 61.6 Å². The average Bonchev–Trinajstić information content (AvgIpc) is 3.60. The number of rotatable bonds is 13. The van der Waals surface area contributed by atoms with Gasteiger partial charge in [0.2, 0.25) is 5.91 Å². The zero-order chi connectivity index (χ0) is 26.4. The van der Waals surface area contributed by atoms with Crippen LogP contribution in [-0.4, -0.2) is 76.7 Å². The van der Waals surface area contributed by atoms with Crippen molar-refractivity contribution in [2.75, 3.05) is 39.3 Å². The number of aryl methyl sites for hydroxylation is 2. The molecule has 8 nitrogen and oxygen atoms in total. The van der Waals surface area contributed by atoms with Crippen LogP contribution in [0.25, 0.3) is 0 Å². The standard InChI is InChI=1S/C29H42N4O4/c1-3-4-15-32(16-6-13-30)27(34)20-33-19-24(21-8-11-26-22(18-21)12-17-37-26)28(29(35)36)25(33)10-9-23-7-5-14-31(23)2/h5,7-8,11,14,18,24-25,28H,3-4,6,9-10,12-13,15-17,19-20,30H2,1-2H3,(H,35,36). The molecule has 1 saturated heterocycles. The highest BCUT2D eigenvalue weighted by Gasteiger charge is 2.47. The maximum atomic E-state index is 13.5. The highest BCUT2D eigenvalue weighted by atomic mass is 16.5. The number of nitrogens with two attached hydrogens (primary N) is 1. The van der Waals surface area contributed by atoms with Crippen LogP contribution in [0, 0.1) is 5.92 Å². The van der Waals surface area contributed by atoms with Crippen LogP contribution in [0.2, 0.25) is 0 Å². The molecule has 8 heteroatoms. The Bertz CT molecular complexity index is 1060. The molecule has 4 rings (SSSR count). The molecule has 2 aromatic rings. The fraction of sp³-hybridized carbons (Fsp3) is 0.586. The normalized spacial score (nSPS) is 21.1. The Morgan fingerprint density at radius 3 is 2.73 bits per heavy atom. The average molecular weight is 511 g/mol. The Labute approximate surface area is 220 Å². The number of carboxylic acids is 1. The Kier molecular flexibility index (Phi) is 9.27. The molecule has 0 radical (unpaired) electrons. The predicted molar refractivity (Wildman–Crippen MR) is 144 cm³/mol. The lowest BCUT2D eigenvalue weighted by Gasteiger charge is -2.30. The lowest BCUT2D eigenvalue weighted by Crippen LogP contribution is -2.45. The van der Waals surface area contributed by atoms with Crippen LogP contribution in [0.4, 0.5) is 0 Å². The van der Waals surface area contributed by atoms with Gasteiger partial charge in [-0.15, -0.1) is 0 Å². The molecule has 1 aromatic heterocycles. The SMILES string of the molecule is CCCCN(CCCN)C(=O)CN1CC(c2ccc3c(c2)CCO3)C(C(=O)O)C1CCc1cccn1C. The first kappa shape index (κ1) is 27.2. The molecule has 3 heterocycles. The first-order valence-corrected chi connectivity index (χ1v) is 13.7. The van der Waals surface area contributed by atoms with Crippen molar-refractivity contribution in [2.24, 2.45) is 18.7 Å². The summed E-state index contributed by atoms with van der Waals surface area (Å²) in [6, 6.07) is 9.98. The molecule has 37 heavy (non-hydrogen) atoms. The lowest BCUT2D eigenvalue weighted by molar-refractivity contribution is -0.143. The summed E-state index contributed by atoms with van der Waals surface area (Å²) in [5.74, 6) is -0.589. The quantitative estimate of drug-likeness (QED) is 0.430. The van der Waals surface area contributed by atoms with Gasteiger partial charge in [0.1, 0.15) is 5.75 Å². The van der Waals surface area contributed by atoms with E-state index in [4.69, 9.17) is 10.5 Å². The molecule has 3 unspecified atom stereocenters. The fourth-order valence-corrected chi connectivity index (χ4v) is 5.95. The number of nitrogens with zero attached hydrogens (tertiary/aromatic N) is 3. The number of hydrogen-bond donors (Lipinski definition) is 2. The Balaban J connectivity index is 1.59.